The summed E-state index contributed by atoms with van der Waals surface area (Å²) < 4.78 is 15.3. The van der Waals surface area contributed by atoms with Crippen molar-refractivity contribution in [2.45, 2.75) is 45.7 Å². The van der Waals surface area contributed by atoms with Crippen molar-refractivity contribution in [3.8, 4) is 0 Å². The van der Waals surface area contributed by atoms with Crippen LogP contribution in [0.2, 0.25) is 0 Å². The highest BCUT2D eigenvalue weighted by Crippen LogP contribution is 2.45. The van der Waals surface area contributed by atoms with Gasteiger partial charge in [-0.05, 0) is 31.9 Å². The molecule has 0 fully saturated rings. The Morgan fingerprint density at radius 3 is 1.62 bits per heavy atom. The number of benzene rings is 1. The normalized spacial score (nSPS) is 18.2. The second-order valence-corrected chi connectivity index (χ2v) is 5.78. The number of hydrogen-bond donors (Lipinski definition) is 0. The van der Waals surface area contributed by atoms with Crippen LogP contribution in [-0.4, -0.2) is 42.8 Å². The van der Waals surface area contributed by atoms with Gasteiger partial charge in [0.15, 0.2) is 0 Å². The summed E-state index contributed by atoms with van der Waals surface area (Å²) in [6.45, 7) is 5.89. The van der Waals surface area contributed by atoms with E-state index in [4.69, 9.17) is 14.2 Å². The molecule has 26 heavy (non-hydrogen) atoms. The van der Waals surface area contributed by atoms with Crippen molar-refractivity contribution >= 4 is 18.0 Å². The van der Waals surface area contributed by atoms with Crippen LogP contribution in [0.25, 0.3) is 0 Å². The summed E-state index contributed by atoms with van der Waals surface area (Å²) in [7, 11) is 0. The van der Waals surface area contributed by atoms with Gasteiger partial charge < -0.3 is 14.2 Å². The van der Waals surface area contributed by atoms with Gasteiger partial charge in [-0.3, -0.25) is 14.5 Å². The van der Waals surface area contributed by atoms with E-state index >= 15 is 0 Å². The van der Waals surface area contributed by atoms with E-state index in [1.165, 1.54) is 4.90 Å². The van der Waals surface area contributed by atoms with E-state index in [1.54, 1.807) is 20.8 Å². The largest absolute Gasteiger partial charge is 0.466 e. The lowest BCUT2D eigenvalue weighted by molar-refractivity contribution is -0.145. The fraction of sp³-hybridized carbons (Fsp3) is 0.526. The third-order valence-corrected chi connectivity index (χ3v) is 4.19. The standard InChI is InChI=1S/C19H25NO6/c1-4-24-17(21)11-15-13-9-7-8-10-14(13)16(12-18(22)25-5-2)20(15)19(23)26-6-3/h7-10,15-16H,4-6,11-12H2,1-3H3/t15-,16+. The lowest BCUT2D eigenvalue weighted by Crippen LogP contribution is -2.36. The maximum atomic E-state index is 12.6. The number of esters is 2. The SMILES string of the molecule is CCOC(=O)C[C@@H]1c2ccccc2[C@H](CC(=O)OCC)N1C(=O)OCC. The van der Waals surface area contributed by atoms with Gasteiger partial charge in [0.05, 0.1) is 44.7 Å². The minimum atomic E-state index is -0.563. The van der Waals surface area contributed by atoms with Crippen LogP contribution in [0.1, 0.15) is 56.8 Å². The van der Waals surface area contributed by atoms with Crippen LogP contribution in [-0.2, 0) is 23.8 Å². The summed E-state index contributed by atoms with van der Waals surface area (Å²) >= 11 is 0. The molecule has 142 valence electrons. The molecule has 1 heterocycles. The van der Waals surface area contributed by atoms with Gasteiger partial charge >= 0.3 is 18.0 Å². The first-order valence-corrected chi connectivity index (χ1v) is 8.88. The summed E-state index contributed by atoms with van der Waals surface area (Å²) in [5.74, 6) is -0.809. The number of amides is 1. The molecule has 2 atom stereocenters. The molecular formula is C19H25NO6. The van der Waals surface area contributed by atoms with Crippen molar-refractivity contribution in [3.05, 3.63) is 35.4 Å². The molecule has 0 radical (unpaired) electrons. The molecule has 0 aliphatic carbocycles. The minimum absolute atomic E-state index is 0.00297. The quantitative estimate of drug-likeness (QED) is 0.547. The van der Waals surface area contributed by atoms with Crippen molar-refractivity contribution in [2.24, 2.45) is 0 Å². The van der Waals surface area contributed by atoms with Crippen molar-refractivity contribution < 1.29 is 28.6 Å². The summed E-state index contributed by atoms with van der Waals surface area (Å²) in [5.41, 5.74) is 1.64. The van der Waals surface area contributed by atoms with Gasteiger partial charge in [0.2, 0.25) is 0 Å². The Bertz CT molecular complexity index is 612. The zero-order valence-electron chi connectivity index (χ0n) is 15.4. The molecule has 1 aliphatic heterocycles. The van der Waals surface area contributed by atoms with E-state index in [1.807, 2.05) is 24.3 Å². The van der Waals surface area contributed by atoms with Crippen LogP contribution in [0, 0.1) is 0 Å². The van der Waals surface area contributed by atoms with Crippen molar-refractivity contribution in [1.29, 1.82) is 0 Å². The van der Waals surface area contributed by atoms with Crippen LogP contribution in [0.15, 0.2) is 24.3 Å². The van der Waals surface area contributed by atoms with Crippen molar-refractivity contribution in [2.75, 3.05) is 19.8 Å². The zero-order valence-corrected chi connectivity index (χ0v) is 15.4. The molecule has 0 bridgehead atoms. The zero-order chi connectivity index (χ0) is 19.1. The first kappa shape index (κ1) is 19.8. The number of carbonyl (C=O) groups is 3. The van der Waals surface area contributed by atoms with E-state index in [9.17, 15) is 14.4 Å². The Kier molecular flexibility index (Phi) is 7.00. The van der Waals surface area contributed by atoms with E-state index in [0.29, 0.717) is 0 Å². The highest BCUT2D eigenvalue weighted by Gasteiger charge is 2.44. The molecule has 0 N–H and O–H groups in total. The molecule has 7 nitrogen and oxygen atoms in total. The number of fused-ring (bicyclic) bond motifs is 1. The predicted molar refractivity (Wildman–Crippen MR) is 93.3 cm³/mol. The summed E-state index contributed by atoms with van der Waals surface area (Å²) in [6, 6.07) is 6.32. The molecule has 7 heteroatoms. The fourth-order valence-corrected chi connectivity index (χ4v) is 3.26. The third-order valence-electron chi connectivity index (χ3n) is 4.19. The average molecular weight is 363 g/mol. The molecule has 1 aromatic carbocycles. The topological polar surface area (TPSA) is 82.1 Å². The van der Waals surface area contributed by atoms with Crippen LogP contribution in [0.5, 0.6) is 0 Å². The average Bonchev–Trinajstić information content (AvgIpc) is 2.89. The van der Waals surface area contributed by atoms with Gasteiger partial charge in [-0.1, -0.05) is 24.3 Å². The number of ether oxygens (including phenoxy) is 3. The Morgan fingerprint density at radius 1 is 0.808 bits per heavy atom. The molecule has 0 unspecified atom stereocenters. The van der Waals surface area contributed by atoms with Gasteiger partial charge in [0, 0.05) is 0 Å². The van der Waals surface area contributed by atoms with Crippen LogP contribution >= 0.6 is 0 Å². The number of rotatable bonds is 7. The second-order valence-electron chi connectivity index (χ2n) is 5.78. The summed E-state index contributed by atoms with van der Waals surface area (Å²) in [4.78, 5) is 38.2. The minimum Gasteiger partial charge on any atom is -0.466 e. The fourth-order valence-electron chi connectivity index (χ4n) is 3.26. The van der Waals surface area contributed by atoms with E-state index in [2.05, 4.69) is 0 Å². The molecular weight excluding hydrogens is 338 g/mol. The predicted octanol–water partition coefficient (Wildman–Crippen LogP) is 3.15. The Morgan fingerprint density at radius 2 is 1.23 bits per heavy atom. The monoisotopic (exact) mass is 363 g/mol. The van der Waals surface area contributed by atoms with Crippen LogP contribution in [0.4, 0.5) is 4.79 Å². The molecule has 0 aromatic heterocycles. The first-order chi connectivity index (χ1) is 12.5. The maximum Gasteiger partial charge on any atom is 0.410 e. The Hall–Kier alpha value is -2.57. The van der Waals surface area contributed by atoms with Crippen LogP contribution < -0.4 is 0 Å². The number of hydrogen-bond acceptors (Lipinski definition) is 6. The van der Waals surface area contributed by atoms with E-state index < -0.39 is 30.1 Å². The van der Waals surface area contributed by atoms with Crippen LogP contribution in [0.3, 0.4) is 0 Å². The smallest absolute Gasteiger partial charge is 0.410 e. The van der Waals surface area contributed by atoms with Gasteiger partial charge in [-0.2, -0.15) is 0 Å². The Balaban J connectivity index is 2.38. The maximum absolute atomic E-state index is 12.6. The second kappa shape index (κ2) is 9.22. The molecule has 1 aromatic rings. The van der Waals surface area contributed by atoms with Gasteiger partial charge in [-0.25, -0.2) is 4.79 Å². The highest BCUT2D eigenvalue weighted by atomic mass is 16.6. The molecule has 0 saturated carbocycles. The van der Waals surface area contributed by atoms with Gasteiger partial charge in [0.25, 0.3) is 0 Å². The van der Waals surface area contributed by atoms with Gasteiger partial charge in [-0.15, -0.1) is 0 Å². The molecule has 0 spiro atoms. The molecule has 2 rings (SSSR count). The lowest BCUT2D eigenvalue weighted by atomic mass is 9.99. The highest BCUT2D eigenvalue weighted by molar-refractivity contribution is 5.77. The Labute approximate surface area is 153 Å². The van der Waals surface area contributed by atoms with E-state index in [-0.39, 0.29) is 32.7 Å². The molecule has 1 aliphatic rings. The molecule has 0 saturated heterocycles. The number of carbonyl (C=O) groups excluding carboxylic acids is 3. The van der Waals surface area contributed by atoms with Gasteiger partial charge in [0.1, 0.15) is 0 Å². The molecule has 1 amide bonds. The summed E-state index contributed by atoms with van der Waals surface area (Å²) in [5, 5.41) is 0. The van der Waals surface area contributed by atoms with Crippen molar-refractivity contribution in [3.63, 3.8) is 0 Å². The van der Waals surface area contributed by atoms with E-state index in [0.717, 1.165) is 11.1 Å². The number of nitrogens with zero attached hydrogens (tertiary/aromatic N) is 1. The first-order valence-electron chi connectivity index (χ1n) is 8.88. The third kappa shape index (κ3) is 4.33. The van der Waals surface area contributed by atoms with Crippen molar-refractivity contribution in [1.82, 2.24) is 4.90 Å². The summed E-state index contributed by atoms with van der Waals surface area (Å²) in [6.07, 6.45) is -0.557. The lowest BCUT2D eigenvalue weighted by Gasteiger charge is -2.29.